The topological polar surface area (TPSA) is 106 Å². The molecule has 0 unspecified atom stereocenters. The van der Waals surface area contributed by atoms with Crippen molar-refractivity contribution in [3.63, 3.8) is 0 Å². The first-order chi connectivity index (χ1) is 16.5. The number of nitrogens with zero attached hydrogens (tertiary/aromatic N) is 1. The number of anilines is 1. The highest BCUT2D eigenvalue weighted by molar-refractivity contribution is 5.98. The quantitative estimate of drug-likeness (QED) is 0.411. The fourth-order valence-electron chi connectivity index (χ4n) is 2.95. The van der Waals surface area contributed by atoms with Crippen LogP contribution >= 0.6 is 0 Å². The van der Waals surface area contributed by atoms with Crippen LogP contribution < -0.4 is 20.1 Å². The summed E-state index contributed by atoms with van der Waals surface area (Å²) in [6.07, 6.45) is 1.99. The van der Waals surface area contributed by atoms with Gasteiger partial charge in [-0.05, 0) is 55.0 Å². The van der Waals surface area contributed by atoms with Crippen LogP contribution in [0.15, 0.2) is 48.5 Å². The second kappa shape index (κ2) is 14.5. The molecule has 2 rings (SSSR count). The molecule has 184 valence electrons. The SMILES string of the molecule is CCCCOc1ccc(C(=O)N(CCOC)CC(=O)NCC(=O)Nc2ccc(OC)cc2)cc1. The summed E-state index contributed by atoms with van der Waals surface area (Å²) >= 11 is 0. The minimum atomic E-state index is -0.450. The van der Waals surface area contributed by atoms with Gasteiger partial charge in [-0.25, -0.2) is 0 Å². The largest absolute Gasteiger partial charge is 0.497 e. The Kier molecular flexibility index (Phi) is 11.4. The van der Waals surface area contributed by atoms with Crippen LogP contribution in [0, 0.1) is 0 Å². The van der Waals surface area contributed by atoms with Crippen molar-refractivity contribution in [3.8, 4) is 11.5 Å². The van der Waals surface area contributed by atoms with Gasteiger partial charge in [-0.1, -0.05) is 13.3 Å². The van der Waals surface area contributed by atoms with Gasteiger partial charge in [0, 0.05) is 24.9 Å². The van der Waals surface area contributed by atoms with Gasteiger partial charge in [0.2, 0.25) is 11.8 Å². The molecular formula is C25H33N3O6. The van der Waals surface area contributed by atoms with E-state index in [1.54, 1.807) is 55.6 Å². The second-order valence-corrected chi connectivity index (χ2v) is 7.50. The zero-order valence-electron chi connectivity index (χ0n) is 20.0. The van der Waals surface area contributed by atoms with E-state index in [0.717, 1.165) is 12.8 Å². The maximum Gasteiger partial charge on any atom is 0.254 e. The van der Waals surface area contributed by atoms with Gasteiger partial charge in [0.15, 0.2) is 0 Å². The first-order valence-electron chi connectivity index (χ1n) is 11.2. The Morgan fingerprint density at radius 1 is 0.882 bits per heavy atom. The van der Waals surface area contributed by atoms with E-state index in [4.69, 9.17) is 14.2 Å². The summed E-state index contributed by atoms with van der Waals surface area (Å²) in [6.45, 7) is 2.79. The van der Waals surface area contributed by atoms with Crippen LogP contribution in [0.25, 0.3) is 0 Å². The lowest BCUT2D eigenvalue weighted by Crippen LogP contribution is -2.44. The van der Waals surface area contributed by atoms with Gasteiger partial charge in [-0.2, -0.15) is 0 Å². The minimum absolute atomic E-state index is 0.202. The van der Waals surface area contributed by atoms with Crippen LogP contribution in [-0.2, 0) is 14.3 Å². The van der Waals surface area contributed by atoms with Gasteiger partial charge >= 0.3 is 0 Å². The van der Waals surface area contributed by atoms with E-state index in [1.807, 2.05) is 0 Å². The molecule has 0 saturated carbocycles. The lowest BCUT2D eigenvalue weighted by molar-refractivity contribution is -0.124. The van der Waals surface area contributed by atoms with Gasteiger partial charge in [-0.15, -0.1) is 0 Å². The average Bonchev–Trinajstić information content (AvgIpc) is 2.86. The van der Waals surface area contributed by atoms with Gasteiger partial charge in [0.25, 0.3) is 5.91 Å². The Morgan fingerprint density at radius 3 is 2.18 bits per heavy atom. The van der Waals surface area contributed by atoms with Crippen LogP contribution in [0.2, 0.25) is 0 Å². The van der Waals surface area contributed by atoms with Crippen LogP contribution in [0.4, 0.5) is 5.69 Å². The average molecular weight is 472 g/mol. The molecule has 3 amide bonds. The molecule has 9 heteroatoms. The number of hydrogen-bond acceptors (Lipinski definition) is 6. The van der Waals surface area contributed by atoms with E-state index in [0.29, 0.717) is 29.4 Å². The van der Waals surface area contributed by atoms with Crippen molar-refractivity contribution in [2.24, 2.45) is 0 Å². The predicted octanol–water partition coefficient (Wildman–Crippen LogP) is 2.72. The zero-order valence-corrected chi connectivity index (χ0v) is 20.0. The van der Waals surface area contributed by atoms with Gasteiger partial charge in [-0.3, -0.25) is 14.4 Å². The molecule has 9 nitrogen and oxygen atoms in total. The van der Waals surface area contributed by atoms with Gasteiger partial charge in [0.1, 0.15) is 11.5 Å². The van der Waals surface area contributed by atoms with Gasteiger partial charge < -0.3 is 29.7 Å². The highest BCUT2D eigenvalue weighted by Crippen LogP contribution is 2.15. The number of ether oxygens (including phenoxy) is 3. The number of hydrogen-bond donors (Lipinski definition) is 2. The monoisotopic (exact) mass is 471 g/mol. The van der Waals surface area contributed by atoms with Crippen molar-refractivity contribution in [1.29, 1.82) is 0 Å². The molecule has 0 saturated heterocycles. The second-order valence-electron chi connectivity index (χ2n) is 7.50. The van der Waals surface area contributed by atoms with Crippen molar-refractivity contribution in [3.05, 3.63) is 54.1 Å². The van der Waals surface area contributed by atoms with E-state index in [9.17, 15) is 14.4 Å². The van der Waals surface area contributed by atoms with Crippen LogP contribution in [0.1, 0.15) is 30.1 Å². The molecule has 0 heterocycles. The number of carbonyl (C=O) groups is 3. The molecule has 0 atom stereocenters. The minimum Gasteiger partial charge on any atom is -0.497 e. The standard InChI is InChI=1S/C25H33N3O6/c1-4-5-15-34-22-10-6-19(7-11-22)25(31)28(14-16-32-2)18-24(30)26-17-23(29)27-20-8-12-21(33-3)13-9-20/h6-13H,4-5,14-18H2,1-3H3,(H,26,30)(H,27,29). The molecule has 0 radical (unpaired) electrons. The molecule has 0 bridgehead atoms. The molecule has 2 aromatic rings. The molecule has 34 heavy (non-hydrogen) atoms. The van der Waals surface area contributed by atoms with Gasteiger partial charge in [0.05, 0.1) is 33.4 Å². The fourth-order valence-corrected chi connectivity index (χ4v) is 2.95. The molecule has 0 aromatic heterocycles. The third-order valence-corrected chi connectivity index (χ3v) is 4.87. The number of nitrogens with one attached hydrogen (secondary N) is 2. The van der Waals surface area contributed by atoms with E-state index in [-0.39, 0.29) is 38.1 Å². The van der Waals surface area contributed by atoms with Crippen molar-refractivity contribution in [1.82, 2.24) is 10.2 Å². The van der Waals surface area contributed by atoms with Crippen LogP contribution in [0.3, 0.4) is 0 Å². The maximum absolute atomic E-state index is 12.9. The summed E-state index contributed by atoms with van der Waals surface area (Å²) in [4.78, 5) is 38.9. The molecular weight excluding hydrogens is 438 g/mol. The number of methoxy groups -OCH3 is 2. The molecule has 0 aliphatic rings. The number of unbranched alkanes of at least 4 members (excludes halogenated alkanes) is 1. The number of carbonyl (C=O) groups excluding carboxylic acids is 3. The summed E-state index contributed by atoms with van der Waals surface area (Å²) in [5, 5.41) is 5.23. The molecule has 2 aromatic carbocycles. The summed E-state index contributed by atoms with van der Waals surface area (Å²) in [6, 6.07) is 13.7. The Balaban J connectivity index is 1.89. The molecule has 0 spiro atoms. The Morgan fingerprint density at radius 2 is 1.56 bits per heavy atom. The fraction of sp³-hybridized carbons (Fsp3) is 0.400. The van der Waals surface area contributed by atoms with E-state index in [2.05, 4.69) is 17.6 Å². The third-order valence-electron chi connectivity index (χ3n) is 4.87. The van der Waals surface area contributed by atoms with E-state index in [1.165, 1.54) is 12.0 Å². The predicted molar refractivity (Wildman–Crippen MR) is 129 cm³/mol. The van der Waals surface area contributed by atoms with Crippen molar-refractivity contribution in [2.45, 2.75) is 19.8 Å². The lowest BCUT2D eigenvalue weighted by Gasteiger charge is -2.22. The first-order valence-corrected chi connectivity index (χ1v) is 11.2. The van der Waals surface area contributed by atoms with Crippen molar-refractivity contribution in [2.75, 3.05) is 52.4 Å². The summed E-state index contributed by atoms with van der Waals surface area (Å²) < 4.78 is 15.8. The molecule has 0 aliphatic heterocycles. The van der Waals surface area contributed by atoms with Crippen molar-refractivity contribution >= 4 is 23.4 Å². The summed E-state index contributed by atoms with van der Waals surface area (Å²) in [5.74, 6) is 0.218. The molecule has 0 fully saturated rings. The Bertz CT molecular complexity index is 915. The third kappa shape index (κ3) is 9.11. The Labute approximate surface area is 200 Å². The van der Waals surface area contributed by atoms with Crippen molar-refractivity contribution < 1.29 is 28.6 Å². The smallest absolute Gasteiger partial charge is 0.254 e. The van der Waals surface area contributed by atoms with E-state index >= 15 is 0 Å². The molecule has 2 N–H and O–H groups in total. The lowest BCUT2D eigenvalue weighted by atomic mass is 10.2. The summed E-state index contributed by atoms with van der Waals surface area (Å²) in [5.41, 5.74) is 1.02. The van der Waals surface area contributed by atoms with E-state index < -0.39 is 5.91 Å². The number of rotatable bonds is 14. The number of amides is 3. The zero-order chi connectivity index (χ0) is 24.8. The number of benzene rings is 2. The highest BCUT2D eigenvalue weighted by atomic mass is 16.5. The first kappa shape index (κ1) is 26.7. The van der Waals surface area contributed by atoms with Crippen LogP contribution in [-0.4, -0.2) is 69.7 Å². The molecule has 0 aliphatic carbocycles. The Hall–Kier alpha value is -3.59. The normalized spacial score (nSPS) is 10.3. The maximum atomic E-state index is 12.9. The van der Waals surface area contributed by atoms with Crippen LogP contribution in [0.5, 0.6) is 11.5 Å². The highest BCUT2D eigenvalue weighted by Gasteiger charge is 2.19. The summed E-state index contributed by atoms with van der Waals surface area (Å²) in [7, 11) is 3.08.